The maximum atomic E-state index is 13.5. The van der Waals surface area contributed by atoms with Crippen LogP contribution in [0.15, 0.2) is 60.7 Å². The van der Waals surface area contributed by atoms with Crippen molar-refractivity contribution in [3.05, 3.63) is 71.8 Å². The third-order valence-corrected chi connectivity index (χ3v) is 7.70. The van der Waals surface area contributed by atoms with Gasteiger partial charge in [-0.15, -0.1) is 11.6 Å². The summed E-state index contributed by atoms with van der Waals surface area (Å²) >= 11 is 6.08. The molecular formula is C26H38ClNO2Si. The quantitative estimate of drug-likeness (QED) is 0.216. The van der Waals surface area contributed by atoms with Crippen molar-refractivity contribution >= 4 is 25.8 Å². The summed E-state index contributed by atoms with van der Waals surface area (Å²) in [7, 11) is -1.83. The molecule has 0 amide bonds. The van der Waals surface area contributed by atoms with E-state index in [0.29, 0.717) is 12.3 Å². The molecule has 2 aromatic carbocycles. The molecule has 0 N–H and O–H groups in total. The van der Waals surface area contributed by atoms with Crippen LogP contribution in [-0.2, 0) is 16.1 Å². The predicted molar refractivity (Wildman–Crippen MR) is 134 cm³/mol. The molecule has 5 heteroatoms. The van der Waals surface area contributed by atoms with Gasteiger partial charge in [-0.25, -0.2) is 0 Å². The van der Waals surface area contributed by atoms with Crippen molar-refractivity contribution in [3.8, 4) is 0 Å². The minimum Gasteiger partial charge on any atom is -0.460 e. The summed E-state index contributed by atoms with van der Waals surface area (Å²) in [4.78, 5) is 13.5. The number of hydrogen-bond donors (Lipinski definition) is 0. The van der Waals surface area contributed by atoms with Gasteiger partial charge in [-0.05, 0) is 44.7 Å². The number of nitrogens with zero attached hydrogens (tertiary/aromatic N) is 1. The molecule has 2 aromatic rings. The number of hydrogen-bond acceptors (Lipinski definition) is 3. The van der Waals surface area contributed by atoms with Crippen LogP contribution in [0.3, 0.4) is 0 Å². The van der Waals surface area contributed by atoms with Gasteiger partial charge in [0.15, 0.2) is 0 Å². The molecule has 0 unspecified atom stereocenters. The second-order valence-corrected chi connectivity index (χ2v) is 15.4. The number of esters is 1. The summed E-state index contributed by atoms with van der Waals surface area (Å²) in [6.45, 7) is 13.6. The van der Waals surface area contributed by atoms with Crippen molar-refractivity contribution in [2.45, 2.75) is 71.4 Å². The molecule has 2 rings (SSSR count). The van der Waals surface area contributed by atoms with E-state index in [0.717, 1.165) is 18.5 Å². The van der Waals surface area contributed by atoms with Gasteiger partial charge >= 0.3 is 5.97 Å². The van der Waals surface area contributed by atoms with Gasteiger partial charge in [0, 0.05) is 18.5 Å². The molecule has 0 fully saturated rings. The Morgan fingerprint density at radius 3 is 2.03 bits per heavy atom. The summed E-state index contributed by atoms with van der Waals surface area (Å²) < 4.78 is 8.49. The number of carbonyl (C=O) groups is 1. The van der Waals surface area contributed by atoms with Gasteiger partial charge in [-0.3, -0.25) is 4.79 Å². The number of benzene rings is 2. The number of ether oxygens (including phenoxy) is 1. The minimum atomic E-state index is -1.83. The first-order chi connectivity index (χ1) is 14.5. The Kier molecular flexibility index (Phi) is 9.35. The highest BCUT2D eigenvalue weighted by Crippen LogP contribution is 2.38. The van der Waals surface area contributed by atoms with E-state index in [1.807, 2.05) is 32.9 Å². The van der Waals surface area contributed by atoms with Crippen LogP contribution in [0.25, 0.3) is 0 Å². The lowest BCUT2D eigenvalue weighted by atomic mass is 9.88. The Hall–Kier alpha value is -1.62. The topological polar surface area (TPSA) is 29.5 Å². The zero-order chi connectivity index (χ0) is 23.1. The maximum Gasteiger partial charge on any atom is 0.311 e. The molecule has 0 bridgehead atoms. The number of alkyl halides is 1. The first kappa shape index (κ1) is 25.6. The first-order valence-corrected chi connectivity index (χ1v) is 15.2. The van der Waals surface area contributed by atoms with Crippen molar-refractivity contribution in [1.29, 1.82) is 0 Å². The van der Waals surface area contributed by atoms with Gasteiger partial charge < -0.3 is 9.30 Å². The van der Waals surface area contributed by atoms with Crippen molar-refractivity contribution in [1.82, 2.24) is 4.57 Å². The van der Waals surface area contributed by atoms with E-state index in [4.69, 9.17) is 16.3 Å². The van der Waals surface area contributed by atoms with Gasteiger partial charge in [0.2, 0.25) is 0 Å². The monoisotopic (exact) mass is 459 g/mol. The SMILES string of the molecule is CC(C)(C)OC(=O)[C@H](CCCCl)[C@@H](c1ccccc1)N(Cc1ccccc1)[Si](C)(C)C. The smallest absolute Gasteiger partial charge is 0.311 e. The fourth-order valence-electron chi connectivity index (χ4n) is 3.89. The summed E-state index contributed by atoms with van der Waals surface area (Å²) in [5.41, 5.74) is 1.89. The summed E-state index contributed by atoms with van der Waals surface area (Å²) in [6.07, 6.45) is 1.48. The molecule has 0 aliphatic heterocycles. The van der Waals surface area contributed by atoms with Gasteiger partial charge in [0.25, 0.3) is 0 Å². The van der Waals surface area contributed by atoms with E-state index in [1.165, 1.54) is 5.56 Å². The minimum absolute atomic E-state index is 0.0638. The highest BCUT2D eigenvalue weighted by atomic mass is 35.5. The van der Waals surface area contributed by atoms with Crippen LogP contribution < -0.4 is 0 Å². The molecule has 0 aliphatic rings. The van der Waals surface area contributed by atoms with Crippen LogP contribution in [0.2, 0.25) is 19.6 Å². The van der Waals surface area contributed by atoms with Crippen LogP contribution in [0.4, 0.5) is 0 Å². The standard InChI is InChI=1S/C26H38ClNO2Si/c1-26(2,3)30-25(29)23(18-13-19-27)24(22-16-11-8-12-17-22)28(31(4,5)6)20-21-14-9-7-10-15-21/h7-12,14-17,23-24H,13,18-20H2,1-6H3/t23-,24-/m1/s1. The molecule has 3 nitrogen and oxygen atoms in total. The van der Waals surface area contributed by atoms with Gasteiger partial charge in [-0.2, -0.15) is 0 Å². The lowest BCUT2D eigenvalue weighted by Crippen LogP contribution is -2.51. The Bertz CT molecular complexity index is 800. The molecule has 0 radical (unpaired) electrons. The lowest BCUT2D eigenvalue weighted by molar-refractivity contribution is -0.162. The fraction of sp³-hybridized carbons (Fsp3) is 0.500. The second kappa shape index (κ2) is 11.3. The Balaban J connectivity index is 2.56. The molecule has 31 heavy (non-hydrogen) atoms. The third kappa shape index (κ3) is 8.10. The normalized spacial score (nSPS) is 14.3. The highest BCUT2D eigenvalue weighted by molar-refractivity contribution is 6.73. The summed E-state index contributed by atoms with van der Waals surface area (Å²) in [6, 6.07) is 20.9. The van der Waals surface area contributed by atoms with E-state index >= 15 is 0 Å². The second-order valence-electron chi connectivity index (χ2n) is 10.1. The van der Waals surface area contributed by atoms with Crippen molar-refractivity contribution < 1.29 is 9.53 Å². The van der Waals surface area contributed by atoms with Crippen LogP contribution in [0.5, 0.6) is 0 Å². The van der Waals surface area contributed by atoms with Gasteiger partial charge in [0.1, 0.15) is 13.8 Å². The number of halogens is 1. The molecular weight excluding hydrogens is 422 g/mol. The Morgan fingerprint density at radius 1 is 1.00 bits per heavy atom. The molecule has 2 atom stereocenters. The van der Waals surface area contributed by atoms with Crippen molar-refractivity contribution in [3.63, 3.8) is 0 Å². The highest BCUT2D eigenvalue weighted by Gasteiger charge is 2.40. The van der Waals surface area contributed by atoms with E-state index in [2.05, 4.69) is 72.7 Å². The van der Waals surface area contributed by atoms with Crippen LogP contribution >= 0.6 is 11.6 Å². The molecule has 0 aromatic heterocycles. The van der Waals surface area contributed by atoms with E-state index in [9.17, 15) is 4.79 Å². The molecule has 170 valence electrons. The fourth-order valence-corrected chi connectivity index (χ4v) is 5.87. The maximum absolute atomic E-state index is 13.5. The van der Waals surface area contributed by atoms with E-state index < -0.39 is 13.8 Å². The average molecular weight is 460 g/mol. The largest absolute Gasteiger partial charge is 0.460 e. The van der Waals surface area contributed by atoms with E-state index in [-0.39, 0.29) is 17.9 Å². The Morgan fingerprint density at radius 2 is 1.55 bits per heavy atom. The predicted octanol–water partition coefficient (Wildman–Crippen LogP) is 7.04. The number of carbonyl (C=O) groups excluding carboxylic acids is 1. The van der Waals surface area contributed by atoms with Crippen LogP contribution in [0.1, 0.15) is 50.8 Å². The first-order valence-electron chi connectivity index (χ1n) is 11.2. The van der Waals surface area contributed by atoms with Gasteiger partial charge in [-0.1, -0.05) is 80.3 Å². The van der Waals surface area contributed by atoms with Gasteiger partial charge in [0.05, 0.1) is 5.92 Å². The third-order valence-electron chi connectivity index (χ3n) is 5.27. The van der Waals surface area contributed by atoms with E-state index in [1.54, 1.807) is 0 Å². The summed E-state index contributed by atoms with van der Waals surface area (Å²) in [5.74, 6) is 0.116. The molecule has 0 spiro atoms. The molecule has 0 saturated carbocycles. The number of rotatable bonds is 10. The van der Waals surface area contributed by atoms with Crippen molar-refractivity contribution in [2.24, 2.45) is 5.92 Å². The zero-order valence-electron chi connectivity index (χ0n) is 19.9. The van der Waals surface area contributed by atoms with Crippen molar-refractivity contribution in [2.75, 3.05) is 5.88 Å². The summed E-state index contributed by atoms with van der Waals surface area (Å²) in [5, 5.41) is 0. The lowest BCUT2D eigenvalue weighted by Gasteiger charge is -2.44. The average Bonchev–Trinajstić information content (AvgIpc) is 2.69. The molecule has 0 saturated heterocycles. The molecule has 0 heterocycles. The van der Waals surface area contributed by atoms with Crippen LogP contribution in [-0.4, -0.2) is 30.3 Å². The zero-order valence-corrected chi connectivity index (χ0v) is 21.7. The Labute approximate surface area is 194 Å². The van der Waals surface area contributed by atoms with Crippen LogP contribution in [0, 0.1) is 5.92 Å². The molecule has 0 aliphatic carbocycles.